The van der Waals surface area contributed by atoms with E-state index in [9.17, 15) is 9.59 Å². The second-order valence-electron chi connectivity index (χ2n) is 4.95. The lowest BCUT2D eigenvalue weighted by atomic mass is 9.99. The molecular formula is C17H15NO3. The number of rotatable bonds is 1. The Morgan fingerprint density at radius 2 is 1.81 bits per heavy atom. The second-order valence-corrected chi connectivity index (χ2v) is 4.95. The van der Waals surface area contributed by atoms with E-state index in [4.69, 9.17) is 4.74 Å². The quantitative estimate of drug-likeness (QED) is 0.874. The van der Waals surface area contributed by atoms with Gasteiger partial charge in [-0.15, -0.1) is 0 Å². The number of nitrogens with one attached hydrogen (secondary N) is 1. The zero-order valence-electron chi connectivity index (χ0n) is 11.7. The summed E-state index contributed by atoms with van der Waals surface area (Å²) in [4.78, 5) is 24.7. The largest absolute Gasteiger partial charge is 0.497 e. The molecule has 2 aromatic rings. The fraction of sp³-hybridized carbons (Fsp3) is 0.176. The Labute approximate surface area is 122 Å². The van der Waals surface area contributed by atoms with E-state index < -0.39 is 0 Å². The minimum absolute atomic E-state index is 0.0292. The highest BCUT2D eigenvalue weighted by Gasteiger charge is 2.20. The molecule has 1 aliphatic rings. The van der Waals surface area contributed by atoms with Gasteiger partial charge in [-0.2, -0.15) is 0 Å². The minimum atomic E-state index is -0.199. The molecule has 1 amide bonds. The van der Waals surface area contributed by atoms with Crippen molar-refractivity contribution in [3.05, 3.63) is 59.2 Å². The predicted molar refractivity (Wildman–Crippen MR) is 80.0 cm³/mol. The van der Waals surface area contributed by atoms with Gasteiger partial charge in [-0.3, -0.25) is 9.59 Å². The molecule has 0 saturated heterocycles. The molecule has 1 heterocycles. The Kier molecular flexibility index (Phi) is 3.44. The molecule has 0 atom stereocenters. The molecule has 0 unspecified atom stereocenters. The molecule has 4 heteroatoms. The van der Waals surface area contributed by atoms with Gasteiger partial charge in [0.15, 0.2) is 5.78 Å². The molecule has 1 N–H and O–H groups in total. The number of fused-ring (bicyclic) bond motifs is 2. The van der Waals surface area contributed by atoms with Crippen LogP contribution < -0.4 is 10.1 Å². The van der Waals surface area contributed by atoms with Crippen molar-refractivity contribution in [1.29, 1.82) is 0 Å². The maximum Gasteiger partial charge on any atom is 0.255 e. The fourth-order valence-electron chi connectivity index (χ4n) is 2.53. The van der Waals surface area contributed by atoms with E-state index in [1.807, 2.05) is 6.07 Å². The van der Waals surface area contributed by atoms with Crippen molar-refractivity contribution < 1.29 is 14.3 Å². The summed E-state index contributed by atoms with van der Waals surface area (Å²) in [5, 5.41) is 2.83. The van der Waals surface area contributed by atoms with Crippen molar-refractivity contribution >= 4 is 17.4 Å². The van der Waals surface area contributed by atoms with Crippen molar-refractivity contribution in [2.75, 3.05) is 12.4 Å². The van der Waals surface area contributed by atoms with E-state index in [1.165, 1.54) is 0 Å². The lowest BCUT2D eigenvalue weighted by Crippen LogP contribution is -2.14. The van der Waals surface area contributed by atoms with Crippen LogP contribution in [0.1, 0.15) is 32.7 Å². The van der Waals surface area contributed by atoms with Crippen molar-refractivity contribution in [2.45, 2.75) is 12.8 Å². The Hall–Kier alpha value is -2.62. The smallest absolute Gasteiger partial charge is 0.255 e. The van der Waals surface area contributed by atoms with Crippen LogP contribution in [0.25, 0.3) is 0 Å². The Morgan fingerprint density at radius 1 is 1.00 bits per heavy atom. The first-order valence-electron chi connectivity index (χ1n) is 6.79. The predicted octanol–water partition coefficient (Wildman–Crippen LogP) is 3.08. The van der Waals surface area contributed by atoms with Gasteiger partial charge >= 0.3 is 0 Å². The Morgan fingerprint density at radius 3 is 2.62 bits per heavy atom. The summed E-state index contributed by atoms with van der Waals surface area (Å²) < 4.78 is 5.19. The van der Waals surface area contributed by atoms with Gasteiger partial charge in [0.1, 0.15) is 5.75 Å². The van der Waals surface area contributed by atoms with Crippen LogP contribution in [0.4, 0.5) is 5.69 Å². The van der Waals surface area contributed by atoms with E-state index in [-0.39, 0.29) is 11.7 Å². The number of ketones is 1. The monoisotopic (exact) mass is 281 g/mol. The van der Waals surface area contributed by atoms with Gasteiger partial charge in [0.05, 0.1) is 12.8 Å². The summed E-state index contributed by atoms with van der Waals surface area (Å²) in [7, 11) is 1.58. The van der Waals surface area contributed by atoms with Gasteiger partial charge in [0.2, 0.25) is 0 Å². The van der Waals surface area contributed by atoms with Crippen molar-refractivity contribution in [3.63, 3.8) is 0 Å². The van der Waals surface area contributed by atoms with E-state index in [0.717, 1.165) is 5.56 Å². The van der Waals surface area contributed by atoms with Crippen LogP contribution in [0.3, 0.4) is 0 Å². The first kappa shape index (κ1) is 13.4. The summed E-state index contributed by atoms with van der Waals surface area (Å²) in [5.41, 5.74) is 2.54. The molecule has 0 saturated carbocycles. The van der Waals surface area contributed by atoms with E-state index in [2.05, 4.69) is 5.32 Å². The molecule has 3 rings (SSSR count). The number of carbonyl (C=O) groups is 2. The summed E-state index contributed by atoms with van der Waals surface area (Å²) in [6, 6.07) is 12.4. The number of aryl methyl sites for hydroxylation is 1. The molecule has 0 spiro atoms. The normalized spacial score (nSPS) is 14.1. The highest BCUT2D eigenvalue weighted by Crippen LogP contribution is 2.25. The number of anilines is 1. The number of ether oxygens (including phenoxy) is 1. The molecule has 0 fully saturated rings. The highest BCUT2D eigenvalue weighted by atomic mass is 16.5. The van der Waals surface area contributed by atoms with Crippen molar-refractivity contribution in [2.24, 2.45) is 0 Å². The molecule has 0 aromatic heterocycles. The van der Waals surface area contributed by atoms with Crippen LogP contribution in [-0.4, -0.2) is 18.8 Å². The SMILES string of the molecule is COc1ccc2c(c1)CCC(=O)c1ccccc1NC2=O. The topological polar surface area (TPSA) is 55.4 Å². The Bertz CT molecular complexity index is 722. The van der Waals surface area contributed by atoms with Crippen LogP contribution in [0.2, 0.25) is 0 Å². The maximum absolute atomic E-state index is 12.4. The standard InChI is InChI=1S/C17H15NO3/c1-21-12-7-8-13-11(10-12)6-9-16(19)14-4-2-3-5-15(14)18-17(13)20/h2-5,7-8,10H,6,9H2,1H3,(H,18,20). The molecule has 0 aliphatic carbocycles. The van der Waals surface area contributed by atoms with Crippen LogP contribution in [0, 0.1) is 0 Å². The molecule has 4 nitrogen and oxygen atoms in total. The van der Waals surface area contributed by atoms with Crippen LogP contribution in [0.5, 0.6) is 5.75 Å². The minimum Gasteiger partial charge on any atom is -0.497 e. The number of amides is 1. The van der Waals surface area contributed by atoms with Crippen LogP contribution >= 0.6 is 0 Å². The number of benzene rings is 2. The van der Waals surface area contributed by atoms with Gasteiger partial charge in [0, 0.05) is 17.5 Å². The lowest BCUT2D eigenvalue weighted by molar-refractivity contribution is 0.0982. The number of hydrogen-bond acceptors (Lipinski definition) is 3. The number of carbonyl (C=O) groups excluding carboxylic acids is 2. The molecule has 0 bridgehead atoms. The van der Waals surface area contributed by atoms with Crippen molar-refractivity contribution in [1.82, 2.24) is 0 Å². The van der Waals surface area contributed by atoms with E-state index >= 15 is 0 Å². The highest BCUT2D eigenvalue weighted by molar-refractivity contribution is 6.11. The summed E-state index contributed by atoms with van der Waals surface area (Å²) in [6.07, 6.45) is 0.888. The number of para-hydroxylation sites is 1. The maximum atomic E-state index is 12.4. The summed E-state index contributed by atoms with van der Waals surface area (Å²) in [5.74, 6) is 0.516. The third kappa shape index (κ3) is 2.52. The number of methoxy groups -OCH3 is 1. The molecule has 21 heavy (non-hydrogen) atoms. The van der Waals surface area contributed by atoms with Gasteiger partial charge in [-0.05, 0) is 42.3 Å². The van der Waals surface area contributed by atoms with E-state index in [1.54, 1.807) is 43.5 Å². The first-order valence-corrected chi connectivity index (χ1v) is 6.79. The Balaban J connectivity index is 2.08. The first-order chi connectivity index (χ1) is 10.2. The molecule has 1 aliphatic heterocycles. The average molecular weight is 281 g/mol. The molecule has 2 aromatic carbocycles. The zero-order chi connectivity index (χ0) is 14.8. The van der Waals surface area contributed by atoms with Gasteiger partial charge in [-0.25, -0.2) is 0 Å². The average Bonchev–Trinajstić information content (AvgIpc) is 2.56. The zero-order valence-corrected chi connectivity index (χ0v) is 11.7. The number of Topliss-reactive ketones (excluding diaryl/α,β-unsaturated/α-hetero) is 1. The van der Waals surface area contributed by atoms with E-state index in [0.29, 0.717) is 35.4 Å². The van der Waals surface area contributed by atoms with Crippen LogP contribution in [0.15, 0.2) is 42.5 Å². The molecular weight excluding hydrogens is 266 g/mol. The van der Waals surface area contributed by atoms with Crippen molar-refractivity contribution in [3.8, 4) is 5.75 Å². The lowest BCUT2D eigenvalue weighted by Gasteiger charge is -2.10. The number of hydrogen-bond donors (Lipinski definition) is 1. The third-order valence-electron chi connectivity index (χ3n) is 3.65. The third-order valence-corrected chi connectivity index (χ3v) is 3.65. The van der Waals surface area contributed by atoms with Crippen LogP contribution in [-0.2, 0) is 6.42 Å². The summed E-state index contributed by atoms with van der Waals surface area (Å²) >= 11 is 0. The molecule has 106 valence electrons. The summed E-state index contributed by atoms with van der Waals surface area (Å²) in [6.45, 7) is 0. The van der Waals surface area contributed by atoms with Gasteiger partial charge in [0.25, 0.3) is 5.91 Å². The molecule has 0 radical (unpaired) electrons. The van der Waals surface area contributed by atoms with Gasteiger partial charge in [-0.1, -0.05) is 12.1 Å². The second kappa shape index (κ2) is 5.40. The fourth-order valence-corrected chi connectivity index (χ4v) is 2.53. The van der Waals surface area contributed by atoms with Gasteiger partial charge < -0.3 is 10.1 Å².